The summed E-state index contributed by atoms with van der Waals surface area (Å²) in [5.41, 5.74) is -0.0895. The van der Waals surface area contributed by atoms with Gasteiger partial charge in [-0.2, -0.15) is 0 Å². The zero-order valence-electron chi connectivity index (χ0n) is 13.1. The summed E-state index contributed by atoms with van der Waals surface area (Å²) >= 11 is 0. The van der Waals surface area contributed by atoms with Crippen LogP contribution >= 0.6 is 0 Å². The Hall–Kier alpha value is -0.160. The molecule has 1 aliphatic rings. The minimum Gasteiger partial charge on any atom is -0.394 e. The van der Waals surface area contributed by atoms with Gasteiger partial charge in [0.1, 0.15) is 0 Å². The second kappa shape index (κ2) is 8.90. The van der Waals surface area contributed by atoms with Gasteiger partial charge in [0, 0.05) is 18.6 Å². The Morgan fingerprint density at radius 2 is 1.95 bits per heavy atom. The highest BCUT2D eigenvalue weighted by atomic mass is 16.3. The van der Waals surface area contributed by atoms with Crippen molar-refractivity contribution in [3.63, 3.8) is 0 Å². The van der Waals surface area contributed by atoms with Crippen molar-refractivity contribution in [2.75, 3.05) is 52.9 Å². The fraction of sp³-hybridized carbons (Fsp3) is 1.00. The summed E-state index contributed by atoms with van der Waals surface area (Å²) in [6.07, 6.45) is 4.79. The van der Waals surface area contributed by atoms with Gasteiger partial charge in [-0.05, 0) is 59.4 Å². The van der Waals surface area contributed by atoms with E-state index in [0.29, 0.717) is 0 Å². The molecule has 0 aliphatic carbocycles. The van der Waals surface area contributed by atoms with E-state index in [9.17, 15) is 5.11 Å². The third-order valence-electron chi connectivity index (χ3n) is 4.22. The smallest absolute Gasteiger partial charge is 0.0610 e. The third-order valence-corrected chi connectivity index (χ3v) is 4.22. The predicted molar refractivity (Wildman–Crippen MR) is 81.6 cm³/mol. The van der Waals surface area contributed by atoms with E-state index in [1.807, 2.05) is 0 Å². The molecule has 1 rings (SSSR count). The number of hydrogen-bond donors (Lipinski definition) is 2. The van der Waals surface area contributed by atoms with Crippen LogP contribution in [-0.4, -0.2) is 73.4 Å². The number of aliphatic hydroxyl groups excluding tert-OH is 1. The first-order valence-electron chi connectivity index (χ1n) is 7.86. The van der Waals surface area contributed by atoms with Crippen molar-refractivity contribution in [2.45, 2.75) is 45.1 Å². The Kier molecular flexibility index (Phi) is 7.91. The van der Waals surface area contributed by atoms with Crippen LogP contribution in [0.1, 0.15) is 39.5 Å². The summed E-state index contributed by atoms with van der Waals surface area (Å²) in [5.74, 6) is 0. The predicted octanol–water partition coefficient (Wildman–Crippen LogP) is 1.15. The molecule has 1 saturated heterocycles. The van der Waals surface area contributed by atoms with Crippen molar-refractivity contribution in [1.82, 2.24) is 15.1 Å². The summed E-state index contributed by atoms with van der Waals surface area (Å²) in [5, 5.41) is 12.8. The van der Waals surface area contributed by atoms with E-state index < -0.39 is 0 Å². The molecule has 4 heteroatoms. The number of hydrogen-bond acceptors (Lipinski definition) is 4. The fourth-order valence-electron chi connectivity index (χ4n) is 2.82. The number of nitrogens with one attached hydrogen (secondary N) is 1. The second-order valence-corrected chi connectivity index (χ2v) is 6.20. The molecule has 1 atom stereocenters. The quantitative estimate of drug-likeness (QED) is 0.650. The van der Waals surface area contributed by atoms with Crippen LogP contribution < -0.4 is 5.32 Å². The molecule has 0 aromatic carbocycles. The van der Waals surface area contributed by atoms with Gasteiger partial charge in [-0.1, -0.05) is 13.3 Å². The summed E-state index contributed by atoms with van der Waals surface area (Å²) in [4.78, 5) is 5.01. The molecule has 114 valence electrons. The van der Waals surface area contributed by atoms with Gasteiger partial charge in [-0.25, -0.2) is 0 Å². The molecular weight excluding hydrogens is 238 g/mol. The maximum absolute atomic E-state index is 9.45. The first kappa shape index (κ1) is 16.9. The molecule has 1 aliphatic heterocycles. The van der Waals surface area contributed by atoms with Gasteiger partial charge in [-0.3, -0.25) is 0 Å². The van der Waals surface area contributed by atoms with Gasteiger partial charge in [-0.15, -0.1) is 0 Å². The first-order chi connectivity index (χ1) is 9.09. The topological polar surface area (TPSA) is 38.7 Å². The Morgan fingerprint density at radius 1 is 1.16 bits per heavy atom. The maximum atomic E-state index is 9.45. The molecule has 0 aromatic heterocycles. The van der Waals surface area contributed by atoms with Gasteiger partial charge in [0.05, 0.1) is 6.61 Å². The van der Waals surface area contributed by atoms with E-state index in [1.165, 1.54) is 52.0 Å². The lowest BCUT2D eigenvalue weighted by atomic mass is 9.95. The normalized spacial score (nSPS) is 22.1. The van der Waals surface area contributed by atoms with Gasteiger partial charge in [0.2, 0.25) is 0 Å². The third kappa shape index (κ3) is 6.70. The van der Waals surface area contributed by atoms with E-state index in [4.69, 9.17) is 0 Å². The molecule has 4 nitrogen and oxygen atoms in total. The monoisotopic (exact) mass is 271 g/mol. The van der Waals surface area contributed by atoms with Crippen LogP contribution in [0.3, 0.4) is 0 Å². The molecule has 0 bridgehead atoms. The molecule has 1 fully saturated rings. The second-order valence-electron chi connectivity index (χ2n) is 6.20. The van der Waals surface area contributed by atoms with Crippen molar-refractivity contribution < 1.29 is 5.11 Å². The summed E-state index contributed by atoms with van der Waals surface area (Å²) < 4.78 is 0. The van der Waals surface area contributed by atoms with Crippen LogP contribution in [0, 0.1) is 0 Å². The van der Waals surface area contributed by atoms with E-state index in [2.05, 4.69) is 36.0 Å². The summed E-state index contributed by atoms with van der Waals surface area (Å²) in [6, 6.07) is 0. The Balaban J connectivity index is 2.15. The van der Waals surface area contributed by atoms with E-state index in [-0.39, 0.29) is 12.1 Å². The zero-order valence-corrected chi connectivity index (χ0v) is 13.1. The van der Waals surface area contributed by atoms with Crippen LogP contribution in [0.15, 0.2) is 0 Å². The highest BCUT2D eigenvalue weighted by Gasteiger charge is 2.21. The van der Waals surface area contributed by atoms with Crippen molar-refractivity contribution in [1.29, 1.82) is 0 Å². The summed E-state index contributed by atoms with van der Waals surface area (Å²) in [6.45, 7) is 11.5. The van der Waals surface area contributed by atoms with Crippen LogP contribution in [0.25, 0.3) is 0 Å². The van der Waals surface area contributed by atoms with Crippen molar-refractivity contribution in [3.05, 3.63) is 0 Å². The van der Waals surface area contributed by atoms with Crippen LogP contribution in [0.2, 0.25) is 0 Å². The SMILES string of the molecule is CCNC(C)(CO)CCCCN1CCCN(C)CC1. The molecule has 1 heterocycles. The van der Waals surface area contributed by atoms with Crippen molar-refractivity contribution in [2.24, 2.45) is 0 Å². The van der Waals surface area contributed by atoms with E-state index in [1.54, 1.807) is 0 Å². The molecule has 2 N–H and O–H groups in total. The average Bonchev–Trinajstić information content (AvgIpc) is 2.60. The summed E-state index contributed by atoms with van der Waals surface area (Å²) in [7, 11) is 2.21. The lowest BCUT2D eigenvalue weighted by Crippen LogP contribution is -2.45. The van der Waals surface area contributed by atoms with E-state index >= 15 is 0 Å². The van der Waals surface area contributed by atoms with Crippen LogP contribution in [-0.2, 0) is 0 Å². The Morgan fingerprint density at radius 3 is 2.63 bits per heavy atom. The number of nitrogens with zero attached hydrogens (tertiary/aromatic N) is 2. The molecule has 0 radical (unpaired) electrons. The number of unbranched alkanes of at least 4 members (excludes halogenated alkanes) is 1. The fourth-order valence-corrected chi connectivity index (χ4v) is 2.82. The largest absolute Gasteiger partial charge is 0.394 e. The molecule has 0 saturated carbocycles. The number of rotatable bonds is 8. The van der Waals surface area contributed by atoms with Gasteiger partial charge >= 0.3 is 0 Å². The molecule has 0 spiro atoms. The standard InChI is InChI=1S/C15H33N3O/c1-4-16-15(2,14-19)8-5-6-10-18-11-7-9-17(3)12-13-18/h16,19H,4-14H2,1-3H3. The van der Waals surface area contributed by atoms with Crippen LogP contribution in [0.5, 0.6) is 0 Å². The Bertz CT molecular complexity index is 237. The minimum atomic E-state index is -0.0895. The van der Waals surface area contributed by atoms with Gasteiger partial charge in [0.25, 0.3) is 0 Å². The van der Waals surface area contributed by atoms with Crippen LogP contribution in [0.4, 0.5) is 0 Å². The molecular formula is C15H33N3O. The highest BCUT2D eigenvalue weighted by Crippen LogP contribution is 2.14. The number of likely N-dealkylation sites (N-methyl/N-ethyl adjacent to an activating group) is 2. The molecule has 0 aromatic rings. The lowest BCUT2D eigenvalue weighted by Gasteiger charge is -2.29. The first-order valence-corrected chi connectivity index (χ1v) is 7.86. The minimum absolute atomic E-state index is 0.0895. The van der Waals surface area contributed by atoms with Crippen molar-refractivity contribution >= 4 is 0 Å². The molecule has 0 amide bonds. The molecule has 19 heavy (non-hydrogen) atoms. The maximum Gasteiger partial charge on any atom is 0.0610 e. The van der Waals surface area contributed by atoms with Crippen molar-refractivity contribution in [3.8, 4) is 0 Å². The molecule has 1 unspecified atom stereocenters. The van der Waals surface area contributed by atoms with E-state index in [0.717, 1.165) is 13.0 Å². The average molecular weight is 271 g/mol. The number of aliphatic hydroxyl groups is 1. The van der Waals surface area contributed by atoms with Gasteiger partial charge in [0.15, 0.2) is 0 Å². The lowest BCUT2D eigenvalue weighted by molar-refractivity contribution is 0.162. The Labute approximate surface area is 119 Å². The highest BCUT2D eigenvalue weighted by molar-refractivity contribution is 4.81. The van der Waals surface area contributed by atoms with Gasteiger partial charge < -0.3 is 20.2 Å². The zero-order chi connectivity index (χ0) is 14.1.